The third kappa shape index (κ3) is 2.94. The largest absolute Gasteiger partial charge is 0.481 e. The van der Waals surface area contributed by atoms with Crippen molar-refractivity contribution < 1.29 is 19.2 Å². The molecule has 6 heteroatoms. The summed E-state index contributed by atoms with van der Waals surface area (Å²) < 4.78 is 4.84. The number of amides is 1. The number of nitrogens with one attached hydrogen (secondary N) is 1. The second kappa shape index (κ2) is 5.40. The minimum Gasteiger partial charge on any atom is -0.481 e. The molecular weight excluding hydrogens is 272 g/mol. The topological polar surface area (TPSA) is 92.4 Å². The van der Waals surface area contributed by atoms with Crippen LogP contribution in [0.1, 0.15) is 35.5 Å². The van der Waals surface area contributed by atoms with E-state index in [1.54, 1.807) is 45.0 Å². The van der Waals surface area contributed by atoms with E-state index in [0.29, 0.717) is 22.6 Å². The number of aliphatic carboxylic acids is 1. The lowest BCUT2D eigenvalue weighted by Gasteiger charge is -2.19. The number of carbonyl (C=O) groups excluding carboxylic acids is 1. The van der Waals surface area contributed by atoms with Gasteiger partial charge in [0.05, 0.1) is 11.6 Å². The molecule has 6 nitrogen and oxygen atoms in total. The maximum Gasteiger partial charge on any atom is 0.313 e. The molecule has 0 saturated heterocycles. The minimum absolute atomic E-state index is 0.320. The number of nitrogens with zero attached hydrogens (tertiary/aromatic N) is 1. The first-order chi connectivity index (χ1) is 9.82. The van der Waals surface area contributed by atoms with E-state index in [9.17, 15) is 14.7 Å². The first kappa shape index (κ1) is 14.8. The van der Waals surface area contributed by atoms with Crippen LogP contribution in [-0.4, -0.2) is 22.1 Å². The summed E-state index contributed by atoms with van der Waals surface area (Å²) in [5, 5.41) is 15.4. The van der Waals surface area contributed by atoms with Crippen molar-refractivity contribution in [2.45, 2.75) is 26.2 Å². The number of carbonyl (C=O) groups is 2. The summed E-state index contributed by atoms with van der Waals surface area (Å²) in [6.07, 6.45) is 1.35. The van der Waals surface area contributed by atoms with Gasteiger partial charge in [-0.1, -0.05) is 17.3 Å². The molecule has 1 amide bonds. The van der Waals surface area contributed by atoms with Gasteiger partial charge in [-0.3, -0.25) is 9.59 Å². The zero-order valence-electron chi connectivity index (χ0n) is 12.0. The van der Waals surface area contributed by atoms with Crippen LogP contribution in [0.25, 0.3) is 0 Å². The summed E-state index contributed by atoms with van der Waals surface area (Å²) in [6, 6.07) is 6.70. The normalized spacial score (nSPS) is 11.2. The van der Waals surface area contributed by atoms with E-state index in [-0.39, 0.29) is 5.91 Å². The highest BCUT2D eigenvalue weighted by molar-refractivity contribution is 6.04. The van der Waals surface area contributed by atoms with Gasteiger partial charge < -0.3 is 14.9 Å². The predicted octanol–water partition coefficient (Wildman–Crippen LogP) is 2.60. The molecule has 1 aromatic carbocycles. The molecule has 1 heterocycles. The summed E-state index contributed by atoms with van der Waals surface area (Å²) >= 11 is 0. The molecule has 0 aliphatic heterocycles. The Kier molecular flexibility index (Phi) is 3.80. The summed E-state index contributed by atoms with van der Waals surface area (Å²) in [6.45, 7) is 4.91. The summed E-state index contributed by atoms with van der Waals surface area (Å²) in [4.78, 5) is 23.2. The van der Waals surface area contributed by atoms with Crippen LogP contribution < -0.4 is 5.32 Å². The number of hydrogen-bond donors (Lipinski definition) is 2. The van der Waals surface area contributed by atoms with Crippen molar-refractivity contribution in [1.82, 2.24) is 5.16 Å². The molecule has 0 unspecified atom stereocenters. The predicted molar refractivity (Wildman–Crippen MR) is 76.3 cm³/mol. The fourth-order valence-corrected chi connectivity index (χ4v) is 1.81. The molecule has 0 spiro atoms. The Morgan fingerprint density at radius 1 is 1.24 bits per heavy atom. The smallest absolute Gasteiger partial charge is 0.313 e. The highest BCUT2D eigenvalue weighted by Crippen LogP contribution is 2.25. The van der Waals surface area contributed by atoms with Gasteiger partial charge >= 0.3 is 5.97 Å². The van der Waals surface area contributed by atoms with Gasteiger partial charge in [0.25, 0.3) is 5.91 Å². The van der Waals surface area contributed by atoms with E-state index in [0.717, 1.165) is 0 Å². The van der Waals surface area contributed by atoms with E-state index < -0.39 is 11.4 Å². The van der Waals surface area contributed by atoms with Gasteiger partial charge in [0.2, 0.25) is 0 Å². The van der Waals surface area contributed by atoms with Crippen LogP contribution in [0.3, 0.4) is 0 Å². The molecule has 2 N–H and O–H groups in total. The van der Waals surface area contributed by atoms with Crippen molar-refractivity contribution in [3.8, 4) is 0 Å². The van der Waals surface area contributed by atoms with Crippen LogP contribution in [-0.2, 0) is 10.2 Å². The average molecular weight is 288 g/mol. The van der Waals surface area contributed by atoms with Crippen LogP contribution in [0.4, 0.5) is 5.69 Å². The second-order valence-corrected chi connectivity index (χ2v) is 5.26. The Balaban J connectivity index is 2.15. The van der Waals surface area contributed by atoms with Crippen molar-refractivity contribution in [2.24, 2.45) is 0 Å². The maximum atomic E-state index is 12.0. The third-order valence-corrected chi connectivity index (χ3v) is 3.39. The molecule has 2 aromatic rings. The van der Waals surface area contributed by atoms with Crippen LogP contribution in [0.2, 0.25) is 0 Å². The van der Waals surface area contributed by atoms with E-state index in [1.165, 1.54) is 6.20 Å². The molecule has 0 atom stereocenters. The number of aromatic nitrogens is 1. The van der Waals surface area contributed by atoms with E-state index in [2.05, 4.69) is 10.5 Å². The Hall–Kier alpha value is -2.63. The van der Waals surface area contributed by atoms with E-state index >= 15 is 0 Å². The zero-order valence-corrected chi connectivity index (χ0v) is 12.0. The quantitative estimate of drug-likeness (QED) is 0.902. The fraction of sp³-hybridized carbons (Fsp3) is 0.267. The molecule has 1 aromatic heterocycles. The summed E-state index contributed by atoms with van der Waals surface area (Å²) in [7, 11) is 0. The average Bonchev–Trinajstić information content (AvgIpc) is 2.85. The van der Waals surface area contributed by atoms with Crippen molar-refractivity contribution in [3.63, 3.8) is 0 Å². The Labute approximate surface area is 121 Å². The lowest BCUT2D eigenvalue weighted by molar-refractivity contribution is -0.142. The number of rotatable bonds is 4. The second-order valence-electron chi connectivity index (χ2n) is 5.26. The molecule has 0 radical (unpaired) electrons. The first-order valence-corrected chi connectivity index (χ1v) is 6.39. The SMILES string of the molecule is Cc1oncc1C(=O)Nc1ccc(C(C)(C)C(=O)O)cc1. The molecule has 0 aliphatic rings. The molecule has 21 heavy (non-hydrogen) atoms. The maximum absolute atomic E-state index is 12.0. The van der Waals surface area contributed by atoms with Gasteiger partial charge in [-0.05, 0) is 38.5 Å². The van der Waals surface area contributed by atoms with Crippen molar-refractivity contribution >= 4 is 17.6 Å². The number of aryl methyl sites for hydroxylation is 1. The van der Waals surface area contributed by atoms with E-state index in [4.69, 9.17) is 4.52 Å². The first-order valence-electron chi connectivity index (χ1n) is 6.39. The molecule has 2 rings (SSSR count). The van der Waals surface area contributed by atoms with Crippen LogP contribution in [0.15, 0.2) is 35.0 Å². The molecule has 0 fully saturated rings. The molecular formula is C15H16N2O4. The Morgan fingerprint density at radius 2 is 1.86 bits per heavy atom. The fourth-order valence-electron chi connectivity index (χ4n) is 1.81. The molecule has 0 aliphatic carbocycles. The summed E-state index contributed by atoms with van der Waals surface area (Å²) in [5.41, 5.74) is 0.623. The van der Waals surface area contributed by atoms with Gasteiger partial charge in [0.15, 0.2) is 0 Å². The van der Waals surface area contributed by atoms with Gasteiger partial charge in [-0.2, -0.15) is 0 Å². The Morgan fingerprint density at radius 3 is 2.33 bits per heavy atom. The lowest BCUT2D eigenvalue weighted by Crippen LogP contribution is -2.28. The highest BCUT2D eigenvalue weighted by atomic mass is 16.5. The number of carboxylic acid groups (broad SMARTS) is 1. The zero-order chi connectivity index (χ0) is 15.6. The van der Waals surface area contributed by atoms with Gasteiger partial charge in [0, 0.05) is 5.69 Å². The number of carboxylic acids is 1. The molecule has 0 bridgehead atoms. The standard InChI is InChI=1S/C15H16N2O4/c1-9-12(8-16-21-9)13(18)17-11-6-4-10(5-7-11)15(2,3)14(19)20/h4-8H,1-3H3,(H,17,18)(H,19,20). The number of hydrogen-bond acceptors (Lipinski definition) is 4. The van der Waals surface area contributed by atoms with Crippen LogP contribution in [0, 0.1) is 6.92 Å². The monoisotopic (exact) mass is 288 g/mol. The van der Waals surface area contributed by atoms with Crippen molar-refractivity contribution in [1.29, 1.82) is 0 Å². The lowest BCUT2D eigenvalue weighted by atomic mass is 9.85. The molecule has 0 saturated carbocycles. The van der Waals surface area contributed by atoms with Crippen molar-refractivity contribution in [3.05, 3.63) is 47.3 Å². The molecule has 110 valence electrons. The Bertz CT molecular complexity index is 671. The minimum atomic E-state index is -0.979. The van der Waals surface area contributed by atoms with Crippen LogP contribution >= 0.6 is 0 Å². The van der Waals surface area contributed by atoms with Crippen LogP contribution in [0.5, 0.6) is 0 Å². The summed E-state index contributed by atoms with van der Waals surface area (Å²) in [5.74, 6) is -0.783. The van der Waals surface area contributed by atoms with E-state index in [1.807, 2.05) is 0 Å². The highest BCUT2D eigenvalue weighted by Gasteiger charge is 2.29. The number of anilines is 1. The third-order valence-electron chi connectivity index (χ3n) is 3.39. The van der Waals surface area contributed by atoms with Crippen molar-refractivity contribution in [2.75, 3.05) is 5.32 Å². The number of benzene rings is 1. The van der Waals surface area contributed by atoms with Gasteiger partial charge in [0.1, 0.15) is 11.3 Å². The van der Waals surface area contributed by atoms with Gasteiger partial charge in [-0.25, -0.2) is 0 Å². The van der Waals surface area contributed by atoms with Gasteiger partial charge in [-0.15, -0.1) is 0 Å².